The van der Waals surface area contributed by atoms with Crippen molar-refractivity contribution in [3.05, 3.63) is 18.0 Å². The molecule has 0 atom stereocenters. The molecule has 2 N–H and O–H groups in total. The Bertz CT molecular complexity index is 391. The summed E-state index contributed by atoms with van der Waals surface area (Å²) in [5.74, 6) is -0.654. The number of carboxylic acids is 1. The summed E-state index contributed by atoms with van der Waals surface area (Å²) >= 11 is 0. The third-order valence-electron chi connectivity index (χ3n) is 2.78. The lowest BCUT2D eigenvalue weighted by Crippen LogP contribution is -2.26. The van der Waals surface area contributed by atoms with Crippen molar-refractivity contribution in [1.82, 2.24) is 14.9 Å². The van der Waals surface area contributed by atoms with Gasteiger partial charge in [0, 0.05) is 19.3 Å². The number of hydrogen-bond donors (Lipinski definition) is 2. The van der Waals surface area contributed by atoms with Crippen molar-refractivity contribution in [2.75, 3.05) is 31.5 Å². The topological polar surface area (TPSA) is 78.3 Å². The van der Waals surface area contributed by atoms with E-state index >= 15 is 0 Å². The van der Waals surface area contributed by atoms with Crippen LogP contribution in [0.3, 0.4) is 0 Å². The summed E-state index contributed by atoms with van der Waals surface area (Å²) in [5, 5.41) is 11.8. The number of hydrogen-bond acceptors (Lipinski definition) is 5. The minimum Gasteiger partial charge on any atom is -0.477 e. The minimum absolute atomic E-state index is 0.0173. The van der Waals surface area contributed by atoms with E-state index in [0.717, 1.165) is 26.2 Å². The summed E-state index contributed by atoms with van der Waals surface area (Å²) in [7, 11) is 0. The van der Waals surface area contributed by atoms with E-state index < -0.39 is 5.97 Å². The van der Waals surface area contributed by atoms with Crippen molar-refractivity contribution in [2.24, 2.45) is 0 Å². The minimum atomic E-state index is -1.03. The zero-order valence-electron chi connectivity index (χ0n) is 9.59. The van der Waals surface area contributed by atoms with Gasteiger partial charge in [-0.3, -0.25) is 0 Å². The van der Waals surface area contributed by atoms with E-state index in [9.17, 15) is 4.79 Å². The number of rotatable bonds is 5. The summed E-state index contributed by atoms with van der Waals surface area (Å²) < 4.78 is 0. The number of likely N-dealkylation sites (tertiary alicyclic amines) is 1. The molecule has 0 bridgehead atoms. The fourth-order valence-corrected chi connectivity index (χ4v) is 1.90. The monoisotopic (exact) mass is 236 g/mol. The molecule has 0 amide bonds. The van der Waals surface area contributed by atoms with Gasteiger partial charge in [0.25, 0.3) is 0 Å². The first kappa shape index (κ1) is 11.8. The Morgan fingerprint density at radius 1 is 1.47 bits per heavy atom. The molecule has 6 nitrogen and oxygen atoms in total. The number of carboxylic acid groups (broad SMARTS) is 1. The maximum Gasteiger partial charge on any atom is 0.354 e. The Labute approximate surface area is 99.7 Å². The zero-order chi connectivity index (χ0) is 12.1. The first-order valence-corrected chi connectivity index (χ1v) is 5.78. The molecule has 1 aromatic rings. The molecule has 0 aliphatic carbocycles. The third-order valence-corrected chi connectivity index (χ3v) is 2.78. The van der Waals surface area contributed by atoms with Crippen LogP contribution >= 0.6 is 0 Å². The molecule has 0 radical (unpaired) electrons. The average Bonchev–Trinajstić information content (AvgIpc) is 2.82. The maximum atomic E-state index is 10.7. The number of nitrogens with zero attached hydrogens (tertiary/aromatic N) is 3. The molecule has 1 fully saturated rings. The van der Waals surface area contributed by atoms with Crippen molar-refractivity contribution >= 4 is 11.9 Å². The summed E-state index contributed by atoms with van der Waals surface area (Å²) in [5.41, 5.74) is 0.0173. The van der Waals surface area contributed by atoms with Gasteiger partial charge in [0.1, 0.15) is 0 Å². The highest BCUT2D eigenvalue weighted by atomic mass is 16.4. The van der Waals surface area contributed by atoms with Gasteiger partial charge < -0.3 is 15.3 Å². The number of nitrogens with one attached hydrogen (secondary N) is 1. The van der Waals surface area contributed by atoms with Gasteiger partial charge in [0.15, 0.2) is 5.69 Å². The maximum absolute atomic E-state index is 10.7. The van der Waals surface area contributed by atoms with Gasteiger partial charge in [0.05, 0.1) is 0 Å². The number of aromatic carboxylic acids is 1. The van der Waals surface area contributed by atoms with Crippen LogP contribution in [0.5, 0.6) is 0 Å². The van der Waals surface area contributed by atoms with Gasteiger partial charge in [-0.2, -0.15) is 0 Å². The molecule has 6 heteroatoms. The molecule has 1 aliphatic rings. The van der Waals surface area contributed by atoms with Crippen molar-refractivity contribution in [2.45, 2.75) is 12.8 Å². The van der Waals surface area contributed by atoms with E-state index in [2.05, 4.69) is 20.2 Å². The molecule has 1 aromatic heterocycles. The molecule has 2 rings (SSSR count). The standard InChI is InChI=1S/C11H16N4O2/c16-10(17)9-3-4-12-11(14-9)13-5-8-15-6-1-2-7-15/h3-4H,1-2,5-8H2,(H,16,17)(H,12,13,14). The van der Waals surface area contributed by atoms with Crippen molar-refractivity contribution in [3.8, 4) is 0 Å². The van der Waals surface area contributed by atoms with E-state index in [1.165, 1.54) is 25.1 Å². The molecule has 2 heterocycles. The Kier molecular flexibility index (Phi) is 3.87. The van der Waals surface area contributed by atoms with Crippen LogP contribution in [0.4, 0.5) is 5.95 Å². The summed E-state index contributed by atoms with van der Waals surface area (Å²) in [6.45, 7) is 3.99. The van der Waals surface area contributed by atoms with Gasteiger partial charge >= 0.3 is 5.97 Å². The molecule has 0 aromatic carbocycles. The largest absolute Gasteiger partial charge is 0.477 e. The van der Waals surface area contributed by atoms with Crippen molar-refractivity contribution < 1.29 is 9.90 Å². The SMILES string of the molecule is O=C(O)c1ccnc(NCCN2CCCC2)n1. The van der Waals surface area contributed by atoms with Crippen molar-refractivity contribution in [1.29, 1.82) is 0 Å². The fourth-order valence-electron chi connectivity index (χ4n) is 1.90. The van der Waals surface area contributed by atoms with Crippen LogP contribution in [0, 0.1) is 0 Å². The van der Waals surface area contributed by atoms with Gasteiger partial charge in [-0.1, -0.05) is 0 Å². The van der Waals surface area contributed by atoms with Crippen molar-refractivity contribution in [3.63, 3.8) is 0 Å². The molecule has 1 aliphatic heterocycles. The highest BCUT2D eigenvalue weighted by Crippen LogP contribution is 2.06. The van der Waals surface area contributed by atoms with E-state index in [-0.39, 0.29) is 5.69 Å². The van der Waals surface area contributed by atoms with E-state index in [4.69, 9.17) is 5.11 Å². The van der Waals surface area contributed by atoms with Crippen LogP contribution < -0.4 is 5.32 Å². The van der Waals surface area contributed by atoms with Gasteiger partial charge in [-0.15, -0.1) is 0 Å². The average molecular weight is 236 g/mol. The summed E-state index contributed by atoms with van der Waals surface area (Å²) in [6, 6.07) is 1.38. The third kappa shape index (κ3) is 3.39. The molecule has 92 valence electrons. The van der Waals surface area contributed by atoms with Crippen LogP contribution in [-0.2, 0) is 0 Å². The Morgan fingerprint density at radius 3 is 2.94 bits per heavy atom. The molecule has 0 spiro atoms. The predicted octanol–water partition coefficient (Wildman–Crippen LogP) is 0.682. The number of anilines is 1. The predicted molar refractivity (Wildman–Crippen MR) is 63.2 cm³/mol. The van der Waals surface area contributed by atoms with E-state index in [1.807, 2.05) is 0 Å². The van der Waals surface area contributed by atoms with Crippen LogP contribution in [0.15, 0.2) is 12.3 Å². The smallest absolute Gasteiger partial charge is 0.354 e. The van der Waals surface area contributed by atoms with Gasteiger partial charge in [-0.25, -0.2) is 14.8 Å². The molecule has 17 heavy (non-hydrogen) atoms. The highest BCUT2D eigenvalue weighted by Gasteiger charge is 2.11. The molecule has 0 unspecified atom stereocenters. The summed E-state index contributed by atoms with van der Waals surface area (Å²) in [6.07, 6.45) is 3.99. The highest BCUT2D eigenvalue weighted by molar-refractivity contribution is 5.85. The Hall–Kier alpha value is -1.69. The lowest BCUT2D eigenvalue weighted by molar-refractivity contribution is 0.0690. The van der Waals surface area contributed by atoms with Crippen LogP contribution in [0.25, 0.3) is 0 Å². The molecular weight excluding hydrogens is 220 g/mol. The quantitative estimate of drug-likeness (QED) is 0.783. The lowest BCUT2D eigenvalue weighted by atomic mass is 10.4. The van der Waals surface area contributed by atoms with Crippen LogP contribution in [0.1, 0.15) is 23.3 Å². The molecule has 0 saturated carbocycles. The van der Waals surface area contributed by atoms with Gasteiger partial charge in [0.2, 0.25) is 5.95 Å². The first-order chi connectivity index (χ1) is 8.25. The van der Waals surface area contributed by atoms with E-state index in [1.54, 1.807) is 0 Å². The number of carbonyl (C=O) groups is 1. The Balaban J connectivity index is 1.81. The van der Waals surface area contributed by atoms with Crippen LogP contribution in [-0.4, -0.2) is 52.1 Å². The lowest BCUT2D eigenvalue weighted by Gasteiger charge is -2.14. The number of aromatic nitrogens is 2. The van der Waals surface area contributed by atoms with Gasteiger partial charge in [-0.05, 0) is 32.0 Å². The van der Waals surface area contributed by atoms with Crippen LogP contribution in [0.2, 0.25) is 0 Å². The molecular formula is C11H16N4O2. The second-order valence-corrected chi connectivity index (χ2v) is 4.05. The zero-order valence-corrected chi connectivity index (χ0v) is 9.59. The normalized spacial score (nSPS) is 16.0. The molecule has 1 saturated heterocycles. The first-order valence-electron chi connectivity index (χ1n) is 5.78. The fraction of sp³-hybridized carbons (Fsp3) is 0.545. The second-order valence-electron chi connectivity index (χ2n) is 4.05. The second kappa shape index (κ2) is 5.58. The summed E-state index contributed by atoms with van der Waals surface area (Å²) in [4.78, 5) is 21.0. The Morgan fingerprint density at radius 2 is 2.24 bits per heavy atom. The van der Waals surface area contributed by atoms with E-state index in [0.29, 0.717) is 5.95 Å².